The normalized spacial score (nSPS) is 15.3. The van der Waals surface area contributed by atoms with E-state index in [0.29, 0.717) is 17.9 Å². The molecule has 0 amide bonds. The Morgan fingerprint density at radius 1 is 1.13 bits per heavy atom. The molecule has 0 fully saturated rings. The van der Waals surface area contributed by atoms with Gasteiger partial charge in [-0.05, 0) is 38.9 Å². The van der Waals surface area contributed by atoms with Crippen LogP contribution in [0.25, 0.3) is 0 Å². The van der Waals surface area contributed by atoms with E-state index in [-0.39, 0.29) is 0 Å². The summed E-state index contributed by atoms with van der Waals surface area (Å²) in [7, 11) is 1.99. The highest BCUT2D eigenvalue weighted by molar-refractivity contribution is 5.13. The van der Waals surface area contributed by atoms with Crippen molar-refractivity contribution < 1.29 is 0 Å². The average Bonchev–Trinajstić information content (AvgIpc) is 2.20. The molecule has 0 saturated carbocycles. The topological polar surface area (TPSA) is 37.8 Å². The van der Waals surface area contributed by atoms with Gasteiger partial charge in [0.15, 0.2) is 0 Å². The highest BCUT2D eigenvalue weighted by Gasteiger charge is 2.23. The molecule has 1 aromatic rings. The van der Waals surface area contributed by atoms with Crippen LogP contribution in [0.5, 0.6) is 0 Å². The number of nitrogens with one attached hydrogen (secondary N) is 1. The Morgan fingerprint density at radius 2 is 1.80 bits per heavy atom. The van der Waals surface area contributed by atoms with E-state index in [0.717, 1.165) is 11.4 Å². The minimum atomic E-state index is 0.419. The fraction of sp³-hybridized carbons (Fsp3) is 0.667. The standard InChI is InChI=1S/C12H21N3/c1-8(2)12(10(4)13-5)11-7-6-9(3)14-15-11/h6-8,10,12-13H,1-5H3. The van der Waals surface area contributed by atoms with Crippen LogP contribution in [-0.2, 0) is 0 Å². The zero-order chi connectivity index (χ0) is 11.4. The summed E-state index contributed by atoms with van der Waals surface area (Å²) in [6.45, 7) is 8.59. The van der Waals surface area contributed by atoms with Crippen LogP contribution in [-0.4, -0.2) is 23.3 Å². The number of likely N-dealkylation sites (N-methyl/N-ethyl adjacent to an activating group) is 1. The van der Waals surface area contributed by atoms with Crippen molar-refractivity contribution in [2.45, 2.75) is 39.7 Å². The van der Waals surface area contributed by atoms with Gasteiger partial charge < -0.3 is 5.32 Å². The quantitative estimate of drug-likeness (QED) is 0.822. The molecule has 2 atom stereocenters. The average molecular weight is 207 g/mol. The van der Waals surface area contributed by atoms with E-state index >= 15 is 0 Å². The van der Waals surface area contributed by atoms with Crippen LogP contribution in [0.1, 0.15) is 38.1 Å². The third-order valence-electron chi connectivity index (χ3n) is 2.87. The number of aryl methyl sites for hydroxylation is 1. The van der Waals surface area contributed by atoms with Gasteiger partial charge in [-0.15, -0.1) is 0 Å². The first-order valence-corrected chi connectivity index (χ1v) is 5.53. The van der Waals surface area contributed by atoms with Crippen molar-refractivity contribution in [3.05, 3.63) is 23.5 Å². The van der Waals surface area contributed by atoms with Gasteiger partial charge in [-0.3, -0.25) is 0 Å². The van der Waals surface area contributed by atoms with E-state index < -0.39 is 0 Å². The maximum atomic E-state index is 4.28. The fourth-order valence-corrected chi connectivity index (χ4v) is 1.94. The third kappa shape index (κ3) is 2.99. The number of hydrogen-bond acceptors (Lipinski definition) is 3. The van der Waals surface area contributed by atoms with Gasteiger partial charge in [0.05, 0.1) is 11.4 Å². The predicted octanol–water partition coefficient (Wildman–Crippen LogP) is 2.13. The van der Waals surface area contributed by atoms with Crippen molar-refractivity contribution in [3.8, 4) is 0 Å². The van der Waals surface area contributed by atoms with Crippen LogP contribution < -0.4 is 5.32 Å². The first-order chi connectivity index (χ1) is 7.06. The smallest absolute Gasteiger partial charge is 0.0680 e. The van der Waals surface area contributed by atoms with Gasteiger partial charge in [0.25, 0.3) is 0 Å². The molecule has 1 rings (SSSR count). The summed E-state index contributed by atoms with van der Waals surface area (Å²) in [5.41, 5.74) is 2.05. The molecule has 2 unspecified atom stereocenters. The Morgan fingerprint density at radius 3 is 2.20 bits per heavy atom. The Balaban J connectivity index is 2.94. The van der Waals surface area contributed by atoms with Gasteiger partial charge in [-0.25, -0.2) is 0 Å². The fourth-order valence-electron chi connectivity index (χ4n) is 1.94. The van der Waals surface area contributed by atoms with Crippen LogP contribution in [0.3, 0.4) is 0 Å². The summed E-state index contributed by atoms with van der Waals surface area (Å²) in [5.74, 6) is 0.979. The van der Waals surface area contributed by atoms with Crippen molar-refractivity contribution in [3.63, 3.8) is 0 Å². The van der Waals surface area contributed by atoms with Gasteiger partial charge in [0, 0.05) is 12.0 Å². The third-order valence-corrected chi connectivity index (χ3v) is 2.87. The summed E-state index contributed by atoms with van der Waals surface area (Å²) in [6.07, 6.45) is 0. The van der Waals surface area contributed by atoms with Crippen LogP contribution in [0.15, 0.2) is 12.1 Å². The van der Waals surface area contributed by atoms with E-state index in [9.17, 15) is 0 Å². The Kier molecular flexibility index (Phi) is 4.21. The molecule has 0 spiro atoms. The molecule has 0 aliphatic rings. The van der Waals surface area contributed by atoms with Crippen LogP contribution in [0.4, 0.5) is 0 Å². The molecule has 1 aromatic heterocycles. The molecule has 0 bridgehead atoms. The molecule has 0 radical (unpaired) electrons. The summed E-state index contributed by atoms with van der Waals surface area (Å²) < 4.78 is 0. The lowest BCUT2D eigenvalue weighted by atomic mass is 9.86. The molecule has 0 aliphatic carbocycles. The second kappa shape index (κ2) is 5.21. The number of hydrogen-bond donors (Lipinski definition) is 1. The van der Waals surface area contributed by atoms with Gasteiger partial charge in [0.2, 0.25) is 0 Å². The van der Waals surface area contributed by atoms with Gasteiger partial charge in [0.1, 0.15) is 0 Å². The summed E-state index contributed by atoms with van der Waals surface area (Å²) in [6, 6.07) is 4.53. The van der Waals surface area contributed by atoms with E-state index in [1.165, 1.54) is 0 Å². The van der Waals surface area contributed by atoms with E-state index in [1.807, 2.05) is 20.0 Å². The molecule has 0 saturated heterocycles. The van der Waals surface area contributed by atoms with Gasteiger partial charge in [-0.2, -0.15) is 10.2 Å². The first-order valence-electron chi connectivity index (χ1n) is 5.53. The maximum absolute atomic E-state index is 4.28. The van der Waals surface area contributed by atoms with Gasteiger partial charge >= 0.3 is 0 Å². The summed E-state index contributed by atoms with van der Waals surface area (Å²) >= 11 is 0. The maximum Gasteiger partial charge on any atom is 0.0680 e. The Bertz CT molecular complexity index is 292. The summed E-state index contributed by atoms with van der Waals surface area (Å²) in [4.78, 5) is 0. The lowest BCUT2D eigenvalue weighted by molar-refractivity contribution is 0.385. The van der Waals surface area contributed by atoms with Crippen LogP contribution >= 0.6 is 0 Å². The molecule has 1 N–H and O–H groups in total. The number of aromatic nitrogens is 2. The largest absolute Gasteiger partial charge is 0.317 e. The minimum absolute atomic E-state index is 0.419. The zero-order valence-corrected chi connectivity index (χ0v) is 10.3. The molecular formula is C12H21N3. The molecule has 0 aliphatic heterocycles. The lowest BCUT2D eigenvalue weighted by Crippen LogP contribution is -2.32. The predicted molar refractivity (Wildman–Crippen MR) is 62.9 cm³/mol. The van der Waals surface area contributed by atoms with Crippen molar-refractivity contribution in [2.24, 2.45) is 5.92 Å². The van der Waals surface area contributed by atoms with Crippen molar-refractivity contribution in [2.75, 3.05) is 7.05 Å². The molecule has 3 heteroatoms. The molecule has 15 heavy (non-hydrogen) atoms. The second-order valence-corrected chi connectivity index (χ2v) is 4.45. The highest BCUT2D eigenvalue weighted by Crippen LogP contribution is 2.25. The Hall–Kier alpha value is -0.960. The lowest BCUT2D eigenvalue weighted by Gasteiger charge is -2.26. The summed E-state index contributed by atoms with van der Waals surface area (Å²) in [5, 5.41) is 11.7. The van der Waals surface area contributed by atoms with Crippen molar-refractivity contribution >= 4 is 0 Å². The number of nitrogens with zero attached hydrogens (tertiary/aromatic N) is 2. The van der Waals surface area contributed by atoms with Gasteiger partial charge in [-0.1, -0.05) is 13.8 Å². The highest BCUT2D eigenvalue weighted by atomic mass is 15.1. The van der Waals surface area contributed by atoms with E-state index in [4.69, 9.17) is 0 Å². The zero-order valence-electron chi connectivity index (χ0n) is 10.3. The van der Waals surface area contributed by atoms with Crippen LogP contribution in [0.2, 0.25) is 0 Å². The van der Waals surface area contributed by atoms with Crippen molar-refractivity contribution in [1.82, 2.24) is 15.5 Å². The first kappa shape index (κ1) is 12.1. The molecule has 1 heterocycles. The van der Waals surface area contributed by atoms with Crippen molar-refractivity contribution in [1.29, 1.82) is 0 Å². The second-order valence-electron chi connectivity index (χ2n) is 4.45. The molecular weight excluding hydrogens is 186 g/mol. The Labute approximate surface area is 92.3 Å². The molecule has 84 valence electrons. The van der Waals surface area contributed by atoms with E-state index in [1.54, 1.807) is 0 Å². The minimum Gasteiger partial charge on any atom is -0.317 e. The monoisotopic (exact) mass is 207 g/mol. The SMILES string of the molecule is CNC(C)C(c1ccc(C)nn1)C(C)C. The number of rotatable bonds is 4. The molecule has 3 nitrogen and oxygen atoms in total. The van der Waals surface area contributed by atoms with Crippen LogP contribution in [0, 0.1) is 12.8 Å². The molecule has 0 aromatic carbocycles. The van der Waals surface area contributed by atoms with E-state index in [2.05, 4.69) is 42.4 Å².